The molecule has 0 aromatic heterocycles. The van der Waals surface area contributed by atoms with Gasteiger partial charge in [0.15, 0.2) is 0 Å². The van der Waals surface area contributed by atoms with Crippen molar-refractivity contribution in [3.8, 4) is 0 Å². The molecule has 0 aliphatic rings. The van der Waals surface area contributed by atoms with Crippen LogP contribution in [0.1, 0.15) is 26.2 Å². The van der Waals surface area contributed by atoms with Gasteiger partial charge in [0.2, 0.25) is 0 Å². The Morgan fingerprint density at radius 2 is 2.09 bits per heavy atom. The molecule has 4 heteroatoms. The molecule has 0 saturated carbocycles. The van der Waals surface area contributed by atoms with Gasteiger partial charge in [-0.25, -0.2) is 0 Å². The van der Waals surface area contributed by atoms with Gasteiger partial charge in [-0.15, -0.1) is 0 Å². The van der Waals surface area contributed by atoms with Gasteiger partial charge < -0.3 is 4.74 Å². The van der Waals surface area contributed by atoms with E-state index >= 15 is 0 Å². The number of alkyl halides is 1. The van der Waals surface area contributed by atoms with E-state index in [0.717, 1.165) is 6.42 Å². The zero-order valence-corrected chi connectivity index (χ0v) is 8.02. The van der Waals surface area contributed by atoms with Crippen molar-refractivity contribution in [2.75, 3.05) is 5.52 Å². The third kappa shape index (κ3) is 6.04. The molecule has 0 unspecified atom stereocenters. The summed E-state index contributed by atoms with van der Waals surface area (Å²) in [7, 11) is 0. The van der Waals surface area contributed by atoms with Crippen molar-refractivity contribution in [2.45, 2.75) is 26.2 Å². The van der Waals surface area contributed by atoms with E-state index in [2.05, 4.69) is 20.7 Å². The molecule has 0 fully saturated rings. The molecule has 0 bridgehead atoms. The SMILES string of the molecule is CCCC(=O)CC(=O)OCBr. The van der Waals surface area contributed by atoms with Crippen molar-refractivity contribution in [1.29, 1.82) is 0 Å². The number of rotatable bonds is 5. The van der Waals surface area contributed by atoms with E-state index in [0.29, 0.717) is 6.42 Å². The first-order chi connectivity index (χ1) is 5.20. The summed E-state index contributed by atoms with van der Waals surface area (Å²) >= 11 is 2.92. The van der Waals surface area contributed by atoms with E-state index in [9.17, 15) is 9.59 Å². The standard InChI is InChI=1S/C7H11BrO3/c1-2-3-6(9)4-7(10)11-5-8/h2-5H2,1H3. The molecule has 0 heterocycles. The van der Waals surface area contributed by atoms with Crippen LogP contribution in [0.3, 0.4) is 0 Å². The predicted octanol–water partition coefficient (Wildman–Crippen LogP) is 1.64. The van der Waals surface area contributed by atoms with Crippen molar-refractivity contribution < 1.29 is 14.3 Å². The lowest BCUT2D eigenvalue weighted by atomic mass is 10.2. The van der Waals surface area contributed by atoms with Crippen LogP contribution in [0.2, 0.25) is 0 Å². The van der Waals surface area contributed by atoms with Gasteiger partial charge in [0.1, 0.15) is 17.7 Å². The Bertz CT molecular complexity index is 129. The van der Waals surface area contributed by atoms with E-state index in [-0.39, 0.29) is 17.7 Å². The number of hydrogen-bond acceptors (Lipinski definition) is 3. The van der Waals surface area contributed by atoms with Crippen LogP contribution in [-0.4, -0.2) is 17.3 Å². The summed E-state index contributed by atoms with van der Waals surface area (Å²) < 4.78 is 4.52. The number of halogens is 1. The fourth-order valence-corrected chi connectivity index (χ4v) is 0.895. The largest absolute Gasteiger partial charge is 0.454 e. The second-order valence-corrected chi connectivity index (χ2v) is 2.55. The Morgan fingerprint density at radius 3 is 2.55 bits per heavy atom. The number of esters is 1. The first kappa shape index (κ1) is 10.6. The number of ketones is 1. The highest BCUT2D eigenvalue weighted by Gasteiger charge is 2.08. The van der Waals surface area contributed by atoms with Crippen LogP contribution in [0.25, 0.3) is 0 Å². The zero-order chi connectivity index (χ0) is 8.69. The molecule has 0 aromatic carbocycles. The maximum atomic E-state index is 10.8. The second-order valence-electron chi connectivity index (χ2n) is 2.09. The van der Waals surface area contributed by atoms with Crippen LogP contribution >= 0.6 is 15.9 Å². The smallest absolute Gasteiger partial charge is 0.314 e. The number of ether oxygens (including phenoxy) is 1. The molecule has 0 spiro atoms. The van der Waals surface area contributed by atoms with Gasteiger partial charge in [-0.3, -0.25) is 9.59 Å². The van der Waals surface area contributed by atoms with Gasteiger partial charge in [0.25, 0.3) is 0 Å². The van der Waals surface area contributed by atoms with E-state index < -0.39 is 5.97 Å². The molecule has 0 rings (SSSR count). The summed E-state index contributed by atoms with van der Waals surface area (Å²) in [6.07, 6.45) is 1.14. The second kappa shape index (κ2) is 6.34. The molecular weight excluding hydrogens is 212 g/mol. The average Bonchev–Trinajstić information content (AvgIpc) is 1.87. The van der Waals surface area contributed by atoms with Crippen LogP contribution in [0.5, 0.6) is 0 Å². The molecule has 0 N–H and O–H groups in total. The van der Waals surface area contributed by atoms with Crippen molar-refractivity contribution in [3.05, 3.63) is 0 Å². The van der Waals surface area contributed by atoms with E-state index in [1.807, 2.05) is 6.92 Å². The van der Waals surface area contributed by atoms with Crippen LogP contribution < -0.4 is 0 Å². The summed E-state index contributed by atoms with van der Waals surface area (Å²) in [5, 5.41) is 0. The minimum atomic E-state index is -0.458. The zero-order valence-electron chi connectivity index (χ0n) is 6.43. The Morgan fingerprint density at radius 1 is 1.45 bits per heavy atom. The van der Waals surface area contributed by atoms with Crippen LogP contribution in [0.15, 0.2) is 0 Å². The minimum absolute atomic E-state index is 0.0570. The maximum Gasteiger partial charge on any atom is 0.314 e. The predicted molar refractivity (Wildman–Crippen MR) is 44.4 cm³/mol. The van der Waals surface area contributed by atoms with Crippen LogP contribution in [0.4, 0.5) is 0 Å². The van der Waals surface area contributed by atoms with Gasteiger partial charge in [-0.1, -0.05) is 6.92 Å². The van der Waals surface area contributed by atoms with Crippen molar-refractivity contribution in [1.82, 2.24) is 0 Å². The molecule has 0 aromatic rings. The number of carbonyl (C=O) groups excluding carboxylic acids is 2. The Balaban J connectivity index is 3.49. The maximum absolute atomic E-state index is 10.8. The highest BCUT2D eigenvalue weighted by Crippen LogP contribution is 1.97. The van der Waals surface area contributed by atoms with Gasteiger partial charge in [0, 0.05) is 6.42 Å². The van der Waals surface area contributed by atoms with E-state index in [4.69, 9.17) is 0 Å². The van der Waals surface area contributed by atoms with Crippen molar-refractivity contribution in [3.63, 3.8) is 0 Å². The monoisotopic (exact) mass is 222 g/mol. The highest BCUT2D eigenvalue weighted by atomic mass is 79.9. The van der Waals surface area contributed by atoms with Crippen LogP contribution in [-0.2, 0) is 14.3 Å². The third-order valence-corrected chi connectivity index (χ3v) is 1.31. The lowest BCUT2D eigenvalue weighted by Gasteiger charge is -1.98. The summed E-state index contributed by atoms with van der Waals surface area (Å²) in [6, 6.07) is 0. The van der Waals surface area contributed by atoms with Crippen molar-refractivity contribution >= 4 is 27.7 Å². The van der Waals surface area contributed by atoms with Gasteiger partial charge >= 0.3 is 5.97 Å². The first-order valence-electron chi connectivity index (χ1n) is 3.44. The molecule has 11 heavy (non-hydrogen) atoms. The summed E-state index contributed by atoms with van der Waals surface area (Å²) in [4.78, 5) is 21.5. The third-order valence-electron chi connectivity index (χ3n) is 1.09. The number of hydrogen-bond donors (Lipinski definition) is 0. The summed E-state index contributed by atoms with van der Waals surface area (Å²) in [5.41, 5.74) is 0.158. The Kier molecular flexibility index (Phi) is 6.12. The molecule has 0 atom stereocenters. The molecule has 0 saturated heterocycles. The molecule has 3 nitrogen and oxygen atoms in total. The average molecular weight is 223 g/mol. The van der Waals surface area contributed by atoms with Crippen LogP contribution in [0, 0.1) is 0 Å². The fraction of sp³-hybridized carbons (Fsp3) is 0.714. The fourth-order valence-electron chi connectivity index (χ4n) is 0.640. The van der Waals surface area contributed by atoms with Gasteiger partial charge in [-0.05, 0) is 22.4 Å². The number of Topliss-reactive ketones (excluding diaryl/α,β-unsaturated/α-hetero) is 1. The molecule has 0 radical (unpaired) electrons. The molecule has 0 aliphatic carbocycles. The van der Waals surface area contributed by atoms with E-state index in [1.165, 1.54) is 0 Å². The minimum Gasteiger partial charge on any atom is -0.454 e. The molecule has 0 aliphatic heterocycles. The van der Waals surface area contributed by atoms with Gasteiger partial charge in [0.05, 0.1) is 0 Å². The van der Waals surface area contributed by atoms with Gasteiger partial charge in [-0.2, -0.15) is 0 Å². The quantitative estimate of drug-likeness (QED) is 0.404. The molecular formula is C7H11BrO3. The molecule has 0 amide bonds. The lowest BCUT2D eigenvalue weighted by molar-refractivity contribution is -0.143. The summed E-state index contributed by atoms with van der Waals surface area (Å²) in [5.74, 6) is -0.515. The Hall–Kier alpha value is -0.380. The normalized spacial score (nSPS) is 9.27. The van der Waals surface area contributed by atoms with E-state index in [1.54, 1.807) is 0 Å². The Labute approximate surface area is 74.2 Å². The number of carbonyl (C=O) groups is 2. The summed E-state index contributed by atoms with van der Waals surface area (Å²) in [6.45, 7) is 1.90. The highest BCUT2D eigenvalue weighted by molar-refractivity contribution is 9.09. The topological polar surface area (TPSA) is 43.4 Å². The first-order valence-corrected chi connectivity index (χ1v) is 4.56. The van der Waals surface area contributed by atoms with Crippen molar-refractivity contribution in [2.24, 2.45) is 0 Å². The lowest BCUT2D eigenvalue weighted by Crippen LogP contribution is -2.09. The molecule has 64 valence electrons.